The minimum atomic E-state index is -0.306. The molecule has 0 aliphatic heterocycles. The summed E-state index contributed by atoms with van der Waals surface area (Å²) in [6.45, 7) is 0.493. The van der Waals surface area contributed by atoms with Gasteiger partial charge in [-0.15, -0.1) is 0 Å². The van der Waals surface area contributed by atoms with E-state index < -0.39 is 0 Å². The first kappa shape index (κ1) is 7.39. The molecule has 1 atom stereocenters. The molecule has 0 spiro atoms. The number of quaternary nitrogens is 2. The number of methoxy groups -OCH3 is 1. The van der Waals surface area contributed by atoms with Gasteiger partial charge in [0.1, 0.15) is 6.54 Å². The highest BCUT2D eigenvalue weighted by Crippen LogP contribution is 1.73. The van der Waals surface area contributed by atoms with E-state index in [9.17, 15) is 4.79 Å². The van der Waals surface area contributed by atoms with Crippen LogP contribution in [0.2, 0.25) is 0 Å². The first-order valence-corrected chi connectivity index (χ1v) is 2.42. The first-order valence-electron chi connectivity index (χ1n) is 2.42. The lowest BCUT2D eigenvalue weighted by molar-refractivity contribution is -0.482. The van der Waals surface area contributed by atoms with Crippen molar-refractivity contribution in [2.45, 2.75) is 6.04 Å². The summed E-state index contributed by atoms with van der Waals surface area (Å²) in [6, 6.07) is -0.306. The van der Waals surface area contributed by atoms with Gasteiger partial charge in [-0.05, 0) is 0 Å². The van der Waals surface area contributed by atoms with E-state index in [1.165, 1.54) is 7.11 Å². The van der Waals surface area contributed by atoms with Crippen molar-refractivity contribution in [3.8, 4) is 0 Å². The fourth-order valence-electron chi connectivity index (χ4n) is 0.285. The largest absolute Gasteiger partial charge is 0.464 e. The fraction of sp³-hybridized carbons (Fsp3) is 0.750. The molecular formula is C4H12N2O2+2. The Bertz CT molecular complexity index is 84.1. The van der Waals surface area contributed by atoms with Crippen molar-refractivity contribution in [2.24, 2.45) is 0 Å². The van der Waals surface area contributed by atoms with E-state index in [0.29, 0.717) is 6.54 Å². The van der Waals surface area contributed by atoms with Crippen molar-refractivity contribution in [2.75, 3.05) is 13.7 Å². The van der Waals surface area contributed by atoms with Crippen LogP contribution in [0.1, 0.15) is 0 Å². The fourth-order valence-corrected chi connectivity index (χ4v) is 0.285. The zero-order chi connectivity index (χ0) is 6.57. The minimum absolute atomic E-state index is 0.292. The molecule has 4 heteroatoms. The molecule has 0 heterocycles. The molecule has 0 radical (unpaired) electrons. The molecule has 6 N–H and O–H groups in total. The van der Waals surface area contributed by atoms with Crippen LogP contribution in [0.4, 0.5) is 0 Å². The van der Waals surface area contributed by atoms with Gasteiger partial charge < -0.3 is 16.2 Å². The average molecular weight is 120 g/mol. The zero-order valence-electron chi connectivity index (χ0n) is 5.02. The van der Waals surface area contributed by atoms with Gasteiger partial charge in [-0.3, -0.25) is 0 Å². The summed E-state index contributed by atoms with van der Waals surface area (Å²) >= 11 is 0. The van der Waals surface area contributed by atoms with Crippen molar-refractivity contribution in [3.05, 3.63) is 0 Å². The second-order valence-electron chi connectivity index (χ2n) is 1.51. The molecule has 0 fully saturated rings. The molecule has 0 bridgehead atoms. The van der Waals surface area contributed by atoms with Crippen LogP contribution in [0.5, 0.6) is 0 Å². The van der Waals surface area contributed by atoms with Gasteiger partial charge in [0.15, 0.2) is 0 Å². The highest BCUT2D eigenvalue weighted by Gasteiger charge is 2.16. The second kappa shape index (κ2) is 3.40. The van der Waals surface area contributed by atoms with E-state index in [1.807, 2.05) is 0 Å². The van der Waals surface area contributed by atoms with Crippen molar-refractivity contribution >= 4 is 5.97 Å². The maximum atomic E-state index is 10.4. The van der Waals surface area contributed by atoms with Crippen molar-refractivity contribution in [1.29, 1.82) is 0 Å². The number of rotatable bonds is 2. The lowest BCUT2D eigenvalue weighted by Gasteiger charge is -1.97. The summed E-state index contributed by atoms with van der Waals surface area (Å²) in [5, 5.41) is 0. The van der Waals surface area contributed by atoms with E-state index in [1.54, 1.807) is 0 Å². The van der Waals surface area contributed by atoms with Crippen LogP contribution >= 0.6 is 0 Å². The highest BCUT2D eigenvalue weighted by atomic mass is 16.5. The Kier molecular flexibility index (Phi) is 3.14. The summed E-state index contributed by atoms with van der Waals surface area (Å²) in [6.07, 6.45) is 0. The molecule has 4 nitrogen and oxygen atoms in total. The van der Waals surface area contributed by atoms with Gasteiger partial charge in [0.05, 0.1) is 7.11 Å². The third-order valence-corrected chi connectivity index (χ3v) is 0.883. The number of esters is 1. The zero-order valence-corrected chi connectivity index (χ0v) is 5.02. The van der Waals surface area contributed by atoms with Crippen LogP contribution in [0, 0.1) is 0 Å². The first-order chi connectivity index (χ1) is 3.72. The lowest BCUT2D eigenvalue weighted by atomic mass is 10.3. The number of hydrogen-bond donors (Lipinski definition) is 2. The highest BCUT2D eigenvalue weighted by molar-refractivity contribution is 5.73. The van der Waals surface area contributed by atoms with Crippen LogP contribution in [-0.4, -0.2) is 25.7 Å². The molecule has 0 rings (SSSR count). The van der Waals surface area contributed by atoms with Crippen LogP contribution in [-0.2, 0) is 9.53 Å². The summed E-state index contributed by atoms with van der Waals surface area (Å²) in [7, 11) is 1.34. The number of hydrogen-bond acceptors (Lipinski definition) is 2. The van der Waals surface area contributed by atoms with Gasteiger partial charge in [-0.2, -0.15) is 0 Å². The smallest absolute Gasteiger partial charge is 0.370 e. The Morgan fingerprint density at radius 2 is 2.38 bits per heavy atom. The summed E-state index contributed by atoms with van der Waals surface area (Å²) in [5.74, 6) is -0.292. The number of carbonyl (C=O) groups is 1. The normalized spacial score (nSPS) is 12.9. The predicted molar refractivity (Wildman–Crippen MR) is 26.4 cm³/mol. The molecule has 1 unspecified atom stereocenters. The maximum Gasteiger partial charge on any atom is 0.370 e. The van der Waals surface area contributed by atoms with E-state index in [2.05, 4.69) is 16.2 Å². The van der Waals surface area contributed by atoms with Crippen LogP contribution in [0.25, 0.3) is 0 Å². The lowest BCUT2D eigenvalue weighted by Crippen LogP contribution is -2.75. The third-order valence-electron chi connectivity index (χ3n) is 0.883. The van der Waals surface area contributed by atoms with Gasteiger partial charge in [0, 0.05) is 0 Å². The molecule has 0 amide bonds. The topological polar surface area (TPSA) is 81.6 Å². The molecule has 0 aliphatic rings. The molecule has 0 aromatic rings. The molecule has 8 heavy (non-hydrogen) atoms. The molecular weight excluding hydrogens is 108 g/mol. The third kappa shape index (κ3) is 1.90. The standard InChI is InChI=1S/C4H10N2O2/c1-8-4(7)3(6)2-5/h3H,2,5-6H2,1H3/p+2. The Labute approximate surface area is 47.8 Å². The predicted octanol–water partition coefficient (Wildman–Crippen LogP) is -2.99. The van der Waals surface area contributed by atoms with Gasteiger partial charge in [0.2, 0.25) is 6.04 Å². The summed E-state index contributed by atoms with van der Waals surface area (Å²) in [5.41, 5.74) is 6.98. The van der Waals surface area contributed by atoms with Crippen LogP contribution in [0.3, 0.4) is 0 Å². The van der Waals surface area contributed by atoms with E-state index in [0.717, 1.165) is 0 Å². The molecule has 0 aromatic heterocycles. The Morgan fingerprint density at radius 3 is 2.50 bits per heavy atom. The Morgan fingerprint density at radius 1 is 1.88 bits per heavy atom. The molecule has 0 saturated carbocycles. The second-order valence-corrected chi connectivity index (χ2v) is 1.51. The molecule has 0 saturated heterocycles. The van der Waals surface area contributed by atoms with Gasteiger partial charge in [0.25, 0.3) is 0 Å². The quantitative estimate of drug-likeness (QED) is 0.381. The van der Waals surface area contributed by atoms with Gasteiger partial charge >= 0.3 is 5.97 Å². The SMILES string of the molecule is COC(=O)C([NH3+])C[NH3+]. The molecule has 48 valence electrons. The van der Waals surface area contributed by atoms with Gasteiger partial charge in [-0.1, -0.05) is 0 Å². The van der Waals surface area contributed by atoms with E-state index >= 15 is 0 Å². The average Bonchev–Trinajstić information content (AvgIpc) is 1.84. The van der Waals surface area contributed by atoms with Crippen molar-refractivity contribution in [1.82, 2.24) is 0 Å². The van der Waals surface area contributed by atoms with Crippen molar-refractivity contribution < 1.29 is 21.0 Å². The van der Waals surface area contributed by atoms with Crippen molar-refractivity contribution in [3.63, 3.8) is 0 Å². The molecule has 0 aromatic carbocycles. The summed E-state index contributed by atoms with van der Waals surface area (Å²) < 4.78 is 4.36. The number of ether oxygens (including phenoxy) is 1. The molecule has 0 aliphatic carbocycles. The van der Waals surface area contributed by atoms with Crippen LogP contribution in [0.15, 0.2) is 0 Å². The maximum absolute atomic E-state index is 10.4. The monoisotopic (exact) mass is 120 g/mol. The van der Waals surface area contributed by atoms with E-state index in [4.69, 9.17) is 0 Å². The Hall–Kier alpha value is -0.610. The van der Waals surface area contributed by atoms with Gasteiger partial charge in [-0.25, -0.2) is 4.79 Å². The summed E-state index contributed by atoms with van der Waals surface area (Å²) in [4.78, 5) is 10.4. The van der Waals surface area contributed by atoms with E-state index in [-0.39, 0.29) is 12.0 Å². The Balaban J connectivity index is 3.46. The van der Waals surface area contributed by atoms with Crippen LogP contribution < -0.4 is 11.5 Å². The minimum Gasteiger partial charge on any atom is -0.464 e. The number of carbonyl (C=O) groups excluding carboxylic acids is 1.